The molecule has 6 nitrogen and oxygen atoms in total. The van der Waals surface area contributed by atoms with Gasteiger partial charge in [0.25, 0.3) is 0 Å². The van der Waals surface area contributed by atoms with Gasteiger partial charge in [0.05, 0.1) is 23.2 Å². The highest BCUT2D eigenvalue weighted by Gasteiger charge is 2.33. The van der Waals surface area contributed by atoms with E-state index in [9.17, 15) is 9.59 Å². The van der Waals surface area contributed by atoms with Crippen LogP contribution in [0, 0.1) is 5.92 Å². The molecule has 0 N–H and O–H groups in total. The lowest BCUT2D eigenvalue weighted by Gasteiger charge is -2.39. The van der Waals surface area contributed by atoms with Crippen LogP contribution in [-0.4, -0.2) is 67.7 Å². The van der Waals surface area contributed by atoms with Crippen LogP contribution in [0.15, 0.2) is 24.3 Å². The first kappa shape index (κ1) is 18.8. The first-order chi connectivity index (χ1) is 12.6. The van der Waals surface area contributed by atoms with E-state index in [-0.39, 0.29) is 17.9 Å². The number of amides is 2. The molecule has 7 heteroatoms. The van der Waals surface area contributed by atoms with E-state index in [1.165, 1.54) is 0 Å². The van der Waals surface area contributed by atoms with E-state index in [1.54, 1.807) is 11.8 Å². The molecule has 2 aliphatic rings. The summed E-state index contributed by atoms with van der Waals surface area (Å²) in [5, 5.41) is 0.740. The minimum Gasteiger partial charge on any atom is -0.450 e. The quantitative estimate of drug-likeness (QED) is 0.810. The minimum atomic E-state index is -0.312. The number of hydrogen-bond acceptors (Lipinski definition) is 4. The number of likely N-dealkylation sites (tertiary alicyclic amines) is 1. The molecular weight excluding hydrogens is 354 g/mol. The minimum absolute atomic E-state index is 0.125. The van der Waals surface area contributed by atoms with Gasteiger partial charge in [-0.15, -0.1) is 0 Å². The first-order valence-corrected chi connectivity index (χ1v) is 9.68. The maximum absolute atomic E-state index is 12.9. The summed E-state index contributed by atoms with van der Waals surface area (Å²) in [7, 11) is 0. The molecule has 142 valence electrons. The van der Waals surface area contributed by atoms with Crippen LogP contribution in [0.4, 0.5) is 10.5 Å². The van der Waals surface area contributed by atoms with Crippen molar-refractivity contribution in [2.24, 2.45) is 5.92 Å². The number of benzene rings is 1. The third-order valence-electron chi connectivity index (χ3n) is 5.08. The maximum atomic E-state index is 12.9. The summed E-state index contributed by atoms with van der Waals surface area (Å²) in [5.74, 6) is 0.0258. The zero-order valence-corrected chi connectivity index (χ0v) is 16.0. The Morgan fingerprint density at radius 2 is 1.85 bits per heavy atom. The molecule has 1 atom stereocenters. The van der Waals surface area contributed by atoms with Gasteiger partial charge >= 0.3 is 6.09 Å². The average Bonchev–Trinajstić information content (AvgIpc) is 2.68. The van der Waals surface area contributed by atoms with Gasteiger partial charge < -0.3 is 19.4 Å². The molecule has 3 rings (SSSR count). The van der Waals surface area contributed by atoms with Crippen molar-refractivity contribution in [3.63, 3.8) is 0 Å². The SMILES string of the molecule is CCOC(=O)N1CCCC(C(=O)N2CCN(c3ccccc3Cl)CC2)C1. The first-order valence-electron chi connectivity index (χ1n) is 9.30. The number of piperazine rings is 1. The Balaban J connectivity index is 1.55. The van der Waals surface area contributed by atoms with Gasteiger partial charge in [0.15, 0.2) is 0 Å². The second-order valence-corrected chi connectivity index (χ2v) is 7.16. The lowest BCUT2D eigenvalue weighted by molar-refractivity contribution is -0.137. The summed E-state index contributed by atoms with van der Waals surface area (Å²) >= 11 is 6.28. The van der Waals surface area contributed by atoms with Crippen LogP contribution in [0.3, 0.4) is 0 Å². The summed E-state index contributed by atoms with van der Waals surface area (Å²) < 4.78 is 5.07. The molecule has 0 bridgehead atoms. The van der Waals surface area contributed by atoms with Crippen molar-refractivity contribution in [1.82, 2.24) is 9.80 Å². The van der Waals surface area contributed by atoms with Crippen molar-refractivity contribution in [3.8, 4) is 0 Å². The molecule has 0 aliphatic carbocycles. The van der Waals surface area contributed by atoms with Crippen LogP contribution in [-0.2, 0) is 9.53 Å². The number of carbonyl (C=O) groups excluding carboxylic acids is 2. The highest BCUT2D eigenvalue weighted by atomic mass is 35.5. The summed E-state index contributed by atoms with van der Waals surface area (Å²) in [4.78, 5) is 30.6. The molecule has 1 aromatic rings. The second kappa shape index (κ2) is 8.62. The Kier molecular flexibility index (Phi) is 6.25. The van der Waals surface area contributed by atoms with Crippen molar-refractivity contribution in [1.29, 1.82) is 0 Å². The van der Waals surface area contributed by atoms with Crippen LogP contribution in [0.5, 0.6) is 0 Å². The summed E-state index contributed by atoms with van der Waals surface area (Å²) in [5.41, 5.74) is 1.02. The zero-order valence-electron chi connectivity index (χ0n) is 15.2. The number of ether oxygens (including phenoxy) is 1. The lowest BCUT2D eigenvalue weighted by atomic mass is 9.96. The fraction of sp³-hybridized carbons (Fsp3) is 0.579. The highest BCUT2D eigenvalue weighted by molar-refractivity contribution is 6.33. The normalized spacial score (nSPS) is 20.8. The maximum Gasteiger partial charge on any atom is 0.409 e. The standard InChI is InChI=1S/C19H26ClN3O3/c1-2-26-19(25)23-9-5-6-15(14-23)18(24)22-12-10-21(11-13-22)17-8-4-3-7-16(17)20/h3-4,7-8,15H,2,5-6,9-14H2,1H3. The van der Waals surface area contributed by atoms with E-state index in [2.05, 4.69) is 4.90 Å². The van der Waals surface area contributed by atoms with Gasteiger partial charge in [-0.05, 0) is 31.9 Å². The molecule has 0 radical (unpaired) electrons. The van der Waals surface area contributed by atoms with Crippen LogP contribution >= 0.6 is 11.6 Å². The molecule has 0 aromatic heterocycles. The number of hydrogen-bond donors (Lipinski definition) is 0. The van der Waals surface area contributed by atoms with E-state index in [0.717, 1.165) is 36.6 Å². The lowest BCUT2D eigenvalue weighted by Crippen LogP contribution is -2.53. The Hall–Kier alpha value is -1.95. The molecule has 0 spiro atoms. The monoisotopic (exact) mass is 379 g/mol. The fourth-order valence-electron chi connectivity index (χ4n) is 3.69. The number of para-hydroxylation sites is 1. The molecule has 1 unspecified atom stereocenters. The van der Waals surface area contributed by atoms with Gasteiger partial charge in [0, 0.05) is 39.3 Å². The number of halogens is 1. The molecule has 2 fully saturated rings. The summed E-state index contributed by atoms with van der Waals surface area (Å²) in [6, 6.07) is 7.80. The van der Waals surface area contributed by atoms with E-state index in [1.807, 2.05) is 29.2 Å². The van der Waals surface area contributed by atoms with E-state index < -0.39 is 0 Å². The Morgan fingerprint density at radius 1 is 1.12 bits per heavy atom. The van der Waals surface area contributed by atoms with Crippen molar-refractivity contribution in [2.45, 2.75) is 19.8 Å². The third-order valence-corrected chi connectivity index (χ3v) is 5.40. The Bertz CT molecular complexity index is 647. The number of nitrogens with zero attached hydrogens (tertiary/aromatic N) is 3. The molecule has 2 aliphatic heterocycles. The predicted molar refractivity (Wildman–Crippen MR) is 102 cm³/mol. The van der Waals surface area contributed by atoms with Gasteiger partial charge in [0.1, 0.15) is 0 Å². The van der Waals surface area contributed by atoms with E-state index >= 15 is 0 Å². The largest absolute Gasteiger partial charge is 0.450 e. The van der Waals surface area contributed by atoms with E-state index in [0.29, 0.717) is 32.8 Å². The topological polar surface area (TPSA) is 53.1 Å². The molecule has 2 saturated heterocycles. The number of piperidine rings is 1. The molecule has 0 saturated carbocycles. The van der Waals surface area contributed by atoms with Crippen LogP contribution in [0.2, 0.25) is 5.02 Å². The van der Waals surface area contributed by atoms with Crippen LogP contribution in [0.1, 0.15) is 19.8 Å². The second-order valence-electron chi connectivity index (χ2n) is 6.75. The molecule has 2 heterocycles. The van der Waals surface area contributed by atoms with Crippen molar-refractivity contribution >= 4 is 29.3 Å². The molecule has 1 aromatic carbocycles. The number of rotatable bonds is 3. The van der Waals surface area contributed by atoms with Crippen molar-refractivity contribution in [3.05, 3.63) is 29.3 Å². The van der Waals surface area contributed by atoms with E-state index in [4.69, 9.17) is 16.3 Å². The summed E-state index contributed by atoms with van der Waals surface area (Å²) in [6.45, 7) is 6.18. The fourth-order valence-corrected chi connectivity index (χ4v) is 3.95. The van der Waals surface area contributed by atoms with Crippen LogP contribution in [0.25, 0.3) is 0 Å². The van der Waals surface area contributed by atoms with Gasteiger partial charge in [-0.25, -0.2) is 4.79 Å². The molecule has 2 amide bonds. The van der Waals surface area contributed by atoms with Crippen molar-refractivity contribution < 1.29 is 14.3 Å². The molecule has 26 heavy (non-hydrogen) atoms. The number of carbonyl (C=O) groups is 2. The third kappa shape index (κ3) is 4.23. The van der Waals surface area contributed by atoms with Gasteiger partial charge in [-0.3, -0.25) is 4.79 Å². The van der Waals surface area contributed by atoms with Gasteiger partial charge in [-0.2, -0.15) is 0 Å². The Morgan fingerprint density at radius 3 is 2.54 bits per heavy atom. The van der Waals surface area contributed by atoms with Crippen molar-refractivity contribution in [2.75, 3.05) is 50.8 Å². The zero-order chi connectivity index (χ0) is 18.5. The molecular formula is C19H26ClN3O3. The Labute approximate surface area is 159 Å². The summed E-state index contributed by atoms with van der Waals surface area (Å²) in [6.07, 6.45) is 1.36. The van der Waals surface area contributed by atoms with Gasteiger partial charge in [-0.1, -0.05) is 23.7 Å². The smallest absolute Gasteiger partial charge is 0.409 e. The van der Waals surface area contributed by atoms with Crippen LogP contribution < -0.4 is 4.90 Å². The average molecular weight is 380 g/mol. The predicted octanol–water partition coefficient (Wildman–Crippen LogP) is 2.86. The van der Waals surface area contributed by atoms with Gasteiger partial charge in [0.2, 0.25) is 5.91 Å². The number of anilines is 1. The highest BCUT2D eigenvalue weighted by Crippen LogP contribution is 2.27.